The second kappa shape index (κ2) is 10.3. The Bertz CT molecular complexity index is 1100. The van der Waals surface area contributed by atoms with E-state index in [1.807, 2.05) is 48.2 Å². The molecule has 1 aromatic heterocycles. The van der Waals surface area contributed by atoms with Crippen molar-refractivity contribution in [3.05, 3.63) is 64.1 Å². The number of anilines is 2. The summed E-state index contributed by atoms with van der Waals surface area (Å²) in [6, 6.07) is 14.9. The third-order valence-corrected chi connectivity index (χ3v) is 7.32. The number of carbonyl (C=O) groups is 2. The number of hydrogen-bond acceptors (Lipinski definition) is 7. The lowest BCUT2D eigenvalue weighted by atomic mass is 10.1. The lowest BCUT2D eigenvalue weighted by molar-refractivity contribution is -0.113. The molecule has 0 unspecified atom stereocenters. The van der Waals surface area contributed by atoms with Crippen LogP contribution in [-0.4, -0.2) is 58.8 Å². The SMILES string of the molecule is Cc1nnc(SCC(=O)Nc2ccc(N3CCN(C(=O)c4ccccc4Cl)CC3)cc2)s1. The van der Waals surface area contributed by atoms with Gasteiger partial charge in [0.25, 0.3) is 5.91 Å². The maximum Gasteiger partial charge on any atom is 0.255 e. The van der Waals surface area contributed by atoms with Crippen LogP contribution >= 0.6 is 34.7 Å². The lowest BCUT2D eigenvalue weighted by Gasteiger charge is -2.36. The van der Waals surface area contributed by atoms with Crippen LogP contribution in [0, 0.1) is 6.92 Å². The number of nitrogens with zero attached hydrogens (tertiary/aromatic N) is 4. The van der Waals surface area contributed by atoms with Crippen LogP contribution in [0.2, 0.25) is 5.02 Å². The second-order valence-corrected chi connectivity index (χ2v) is 10.0. The molecule has 0 bridgehead atoms. The normalized spacial score (nSPS) is 13.8. The van der Waals surface area contributed by atoms with E-state index in [1.54, 1.807) is 12.1 Å². The number of thioether (sulfide) groups is 1. The number of amides is 2. The molecule has 1 N–H and O–H groups in total. The standard InChI is InChI=1S/C22H22ClN5O2S2/c1-15-25-26-22(32-15)31-14-20(29)24-16-6-8-17(9-7-16)27-10-12-28(13-11-27)21(30)18-4-2-3-5-19(18)23/h2-9H,10-14H2,1H3,(H,24,29). The molecule has 7 nitrogen and oxygen atoms in total. The Balaban J connectivity index is 1.27. The highest BCUT2D eigenvalue weighted by atomic mass is 35.5. The fourth-order valence-corrected chi connectivity index (χ4v) is 5.22. The highest BCUT2D eigenvalue weighted by Gasteiger charge is 2.23. The van der Waals surface area contributed by atoms with Crippen molar-refractivity contribution in [1.82, 2.24) is 15.1 Å². The number of piperazine rings is 1. The van der Waals surface area contributed by atoms with E-state index in [1.165, 1.54) is 23.1 Å². The van der Waals surface area contributed by atoms with Crippen molar-refractivity contribution in [2.45, 2.75) is 11.3 Å². The number of aryl methyl sites for hydroxylation is 1. The average Bonchev–Trinajstić information content (AvgIpc) is 3.23. The first-order valence-electron chi connectivity index (χ1n) is 10.1. The molecule has 2 aromatic carbocycles. The van der Waals surface area contributed by atoms with Crippen LogP contribution in [0.5, 0.6) is 0 Å². The maximum absolute atomic E-state index is 12.7. The van der Waals surface area contributed by atoms with Gasteiger partial charge in [-0.15, -0.1) is 10.2 Å². The van der Waals surface area contributed by atoms with Crippen LogP contribution in [0.3, 0.4) is 0 Å². The Hall–Kier alpha value is -2.62. The van der Waals surface area contributed by atoms with Gasteiger partial charge in [-0.2, -0.15) is 0 Å². The van der Waals surface area contributed by atoms with Crippen LogP contribution in [0.4, 0.5) is 11.4 Å². The highest BCUT2D eigenvalue weighted by molar-refractivity contribution is 8.01. The van der Waals surface area contributed by atoms with Gasteiger partial charge in [-0.25, -0.2) is 0 Å². The zero-order valence-electron chi connectivity index (χ0n) is 17.5. The van der Waals surface area contributed by atoms with Gasteiger partial charge in [0.15, 0.2) is 4.34 Å². The molecule has 0 saturated carbocycles. The van der Waals surface area contributed by atoms with Gasteiger partial charge in [0.05, 0.1) is 16.3 Å². The topological polar surface area (TPSA) is 78.4 Å². The van der Waals surface area contributed by atoms with E-state index in [9.17, 15) is 9.59 Å². The van der Waals surface area contributed by atoms with Gasteiger partial charge < -0.3 is 15.1 Å². The van der Waals surface area contributed by atoms with Crippen molar-refractivity contribution in [2.24, 2.45) is 0 Å². The van der Waals surface area contributed by atoms with Crippen molar-refractivity contribution < 1.29 is 9.59 Å². The van der Waals surface area contributed by atoms with E-state index in [0.29, 0.717) is 23.7 Å². The molecule has 2 amide bonds. The summed E-state index contributed by atoms with van der Waals surface area (Å²) < 4.78 is 0.792. The van der Waals surface area contributed by atoms with Gasteiger partial charge in [0.2, 0.25) is 5.91 Å². The number of hydrogen-bond donors (Lipinski definition) is 1. The van der Waals surface area contributed by atoms with E-state index in [2.05, 4.69) is 20.4 Å². The summed E-state index contributed by atoms with van der Waals surface area (Å²) in [5.41, 5.74) is 2.36. The molecule has 1 aliphatic rings. The van der Waals surface area contributed by atoms with Gasteiger partial charge in [0.1, 0.15) is 5.01 Å². The molecular weight excluding hydrogens is 466 g/mol. The first-order chi connectivity index (χ1) is 15.5. The van der Waals surface area contributed by atoms with E-state index >= 15 is 0 Å². The van der Waals surface area contributed by atoms with Gasteiger partial charge >= 0.3 is 0 Å². The van der Waals surface area contributed by atoms with Crippen molar-refractivity contribution in [2.75, 3.05) is 42.1 Å². The van der Waals surface area contributed by atoms with Crippen molar-refractivity contribution in [1.29, 1.82) is 0 Å². The number of nitrogens with one attached hydrogen (secondary N) is 1. The minimum Gasteiger partial charge on any atom is -0.368 e. The zero-order valence-corrected chi connectivity index (χ0v) is 19.8. The molecule has 1 aliphatic heterocycles. The molecular formula is C22H22ClN5O2S2. The monoisotopic (exact) mass is 487 g/mol. The maximum atomic E-state index is 12.7. The summed E-state index contributed by atoms with van der Waals surface area (Å²) in [7, 11) is 0. The predicted molar refractivity (Wildman–Crippen MR) is 130 cm³/mol. The summed E-state index contributed by atoms with van der Waals surface area (Å²) in [5.74, 6) is 0.176. The van der Waals surface area contributed by atoms with Crippen LogP contribution in [0.15, 0.2) is 52.9 Å². The largest absolute Gasteiger partial charge is 0.368 e. The summed E-state index contributed by atoms with van der Waals surface area (Å²) in [4.78, 5) is 29.0. The molecule has 10 heteroatoms. The van der Waals surface area contributed by atoms with Crippen LogP contribution in [0.25, 0.3) is 0 Å². The fraction of sp³-hybridized carbons (Fsp3) is 0.273. The Kier molecular flexibility index (Phi) is 7.29. The first kappa shape index (κ1) is 22.6. The lowest BCUT2D eigenvalue weighted by Crippen LogP contribution is -2.48. The summed E-state index contributed by atoms with van der Waals surface area (Å²) >= 11 is 9.03. The molecule has 1 saturated heterocycles. The number of carbonyl (C=O) groups excluding carboxylic acids is 2. The van der Waals surface area contributed by atoms with Gasteiger partial charge in [-0.1, -0.05) is 46.8 Å². The number of rotatable bonds is 6. The number of benzene rings is 2. The van der Waals surface area contributed by atoms with Gasteiger partial charge in [-0.05, 0) is 43.3 Å². The van der Waals surface area contributed by atoms with E-state index < -0.39 is 0 Å². The molecule has 0 aliphatic carbocycles. The first-order valence-corrected chi connectivity index (χ1v) is 12.3. The van der Waals surface area contributed by atoms with Crippen molar-refractivity contribution in [3.8, 4) is 0 Å². The quantitative estimate of drug-likeness (QED) is 0.525. The minimum absolute atomic E-state index is 0.0325. The smallest absolute Gasteiger partial charge is 0.255 e. The second-order valence-electron chi connectivity index (χ2n) is 7.23. The molecule has 0 atom stereocenters. The third kappa shape index (κ3) is 5.59. The van der Waals surface area contributed by atoms with Crippen LogP contribution in [-0.2, 0) is 4.79 Å². The van der Waals surface area contributed by atoms with Crippen LogP contribution in [0.1, 0.15) is 15.4 Å². The molecule has 3 aromatic rings. The van der Waals surface area contributed by atoms with Crippen molar-refractivity contribution >= 4 is 57.9 Å². The molecule has 166 valence electrons. The third-order valence-electron chi connectivity index (χ3n) is 5.02. The molecule has 0 radical (unpaired) electrons. The summed E-state index contributed by atoms with van der Waals surface area (Å²) in [6.45, 7) is 4.62. The predicted octanol–water partition coefficient (Wildman–Crippen LogP) is 4.19. The summed E-state index contributed by atoms with van der Waals surface area (Å²) in [5, 5.41) is 12.2. The zero-order chi connectivity index (χ0) is 22.5. The van der Waals surface area contributed by atoms with Gasteiger partial charge in [-0.3, -0.25) is 9.59 Å². The molecule has 0 spiro atoms. The Labute approximate surface area is 199 Å². The van der Waals surface area contributed by atoms with E-state index in [4.69, 9.17) is 11.6 Å². The minimum atomic E-state index is -0.0812. The molecule has 4 rings (SSSR count). The fourth-order valence-electron chi connectivity index (χ4n) is 3.39. The number of halogens is 1. The summed E-state index contributed by atoms with van der Waals surface area (Å²) in [6.07, 6.45) is 0. The molecule has 32 heavy (non-hydrogen) atoms. The molecule has 1 fully saturated rings. The van der Waals surface area contributed by atoms with Gasteiger partial charge in [0, 0.05) is 37.6 Å². The Morgan fingerprint density at radius 2 is 1.78 bits per heavy atom. The Morgan fingerprint density at radius 1 is 1.06 bits per heavy atom. The van der Waals surface area contributed by atoms with Crippen molar-refractivity contribution in [3.63, 3.8) is 0 Å². The van der Waals surface area contributed by atoms with E-state index in [-0.39, 0.29) is 17.6 Å². The average molecular weight is 488 g/mol. The number of aromatic nitrogens is 2. The highest BCUT2D eigenvalue weighted by Crippen LogP contribution is 2.24. The Morgan fingerprint density at radius 3 is 2.44 bits per heavy atom. The van der Waals surface area contributed by atoms with Crippen LogP contribution < -0.4 is 10.2 Å². The molecule has 2 heterocycles. The van der Waals surface area contributed by atoms with E-state index in [0.717, 1.165) is 33.8 Å².